The molecule has 1 heterocycles. The highest BCUT2D eigenvalue weighted by atomic mass is 35.5. The zero-order valence-electron chi connectivity index (χ0n) is 14.8. The van der Waals surface area contributed by atoms with Crippen LogP contribution in [-0.4, -0.2) is 17.4 Å². The van der Waals surface area contributed by atoms with Gasteiger partial charge in [0.2, 0.25) is 5.78 Å². The molecule has 0 spiro atoms. The van der Waals surface area contributed by atoms with Crippen LogP contribution >= 0.6 is 11.6 Å². The van der Waals surface area contributed by atoms with Crippen LogP contribution in [-0.2, 0) is 0 Å². The first-order valence-electron chi connectivity index (χ1n) is 8.72. The molecule has 0 aliphatic rings. The van der Waals surface area contributed by atoms with E-state index in [0.717, 1.165) is 27.7 Å². The van der Waals surface area contributed by atoms with Crippen LogP contribution in [0.2, 0.25) is 5.02 Å². The highest BCUT2D eigenvalue weighted by Crippen LogP contribution is 2.31. The van der Waals surface area contributed by atoms with Crippen LogP contribution in [0.5, 0.6) is 5.75 Å². The molecule has 0 atom stereocenters. The smallest absolute Gasteiger partial charge is 0.202 e. The number of carbonyl (C=O) groups is 1. The summed E-state index contributed by atoms with van der Waals surface area (Å²) < 4.78 is 5.72. The summed E-state index contributed by atoms with van der Waals surface area (Å²) in [6.45, 7) is 1.84. The summed E-state index contributed by atoms with van der Waals surface area (Å²) >= 11 is 6.37. The molecule has 27 heavy (non-hydrogen) atoms. The van der Waals surface area contributed by atoms with Gasteiger partial charge in [0.05, 0.1) is 5.02 Å². The van der Waals surface area contributed by atoms with Crippen molar-refractivity contribution in [3.05, 3.63) is 89.1 Å². The predicted octanol–water partition coefficient (Wildman–Crippen LogP) is 6.06. The number of nitrogens with one attached hydrogen (secondary N) is 1. The number of ether oxygens (including phenoxy) is 1. The average Bonchev–Trinajstić information content (AvgIpc) is 3.03. The van der Waals surface area contributed by atoms with Crippen molar-refractivity contribution in [1.82, 2.24) is 4.98 Å². The standard InChI is InChI=1S/C23H18ClNO2/c1-15-23(18-9-5-6-10-20(18)25-15)21(26)14-27-22-12-11-17(13-19(22)24)16-7-3-2-4-8-16/h2-13,25H,14H2,1H3. The Morgan fingerprint density at radius 1 is 0.963 bits per heavy atom. The van der Waals surface area contributed by atoms with Crippen molar-refractivity contribution in [3.63, 3.8) is 0 Å². The van der Waals surface area contributed by atoms with Crippen molar-refractivity contribution >= 4 is 28.3 Å². The Bertz CT molecular complexity index is 1120. The number of hydrogen-bond donors (Lipinski definition) is 1. The molecule has 0 aliphatic heterocycles. The zero-order valence-corrected chi connectivity index (χ0v) is 15.6. The molecule has 1 N–H and O–H groups in total. The maximum Gasteiger partial charge on any atom is 0.202 e. The summed E-state index contributed by atoms with van der Waals surface area (Å²) in [5, 5.41) is 1.40. The molecule has 0 amide bonds. The highest BCUT2D eigenvalue weighted by Gasteiger charge is 2.17. The molecule has 3 nitrogen and oxygen atoms in total. The molecule has 4 heteroatoms. The van der Waals surface area contributed by atoms with E-state index >= 15 is 0 Å². The molecule has 4 rings (SSSR count). The van der Waals surface area contributed by atoms with Crippen LogP contribution in [0.1, 0.15) is 16.1 Å². The van der Waals surface area contributed by atoms with Gasteiger partial charge in [-0.25, -0.2) is 0 Å². The lowest BCUT2D eigenvalue weighted by molar-refractivity contribution is 0.0922. The van der Waals surface area contributed by atoms with Crippen molar-refractivity contribution in [1.29, 1.82) is 0 Å². The fourth-order valence-electron chi connectivity index (χ4n) is 3.28. The monoisotopic (exact) mass is 375 g/mol. The number of fused-ring (bicyclic) bond motifs is 1. The number of para-hydroxylation sites is 1. The van der Waals surface area contributed by atoms with Gasteiger partial charge in [-0.05, 0) is 36.2 Å². The second-order valence-corrected chi connectivity index (χ2v) is 6.80. The maximum atomic E-state index is 12.7. The summed E-state index contributed by atoms with van der Waals surface area (Å²) in [5.41, 5.74) is 4.55. The molecule has 0 aliphatic carbocycles. The van der Waals surface area contributed by atoms with E-state index in [1.54, 1.807) is 6.07 Å². The summed E-state index contributed by atoms with van der Waals surface area (Å²) in [5.74, 6) is 0.426. The zero-order chi connectivity index (χ0) is 18.8. The molecule has 0 radical (unpaired) electrons. The van der Waals surface area contributed by atoms with E-state index in [2.05, 4.69) is 4.98 Å². The van der Waals surface area contributed by atoms with Crippen LogP contribution in [0.25, 0.3) is 22.0 Å². The summed E-state index contributed by atoms with van der Waals surface area (Å²) in [6.07, 6.45) is 0. The van der Waals surface area contributed by atoms with Crippen molar-refractivity contribution in [3.8, 4) is 16.9 Å². The molecule has 0 fully saturated rings. The van der Waals surface area contributed by atoms with Gasteiger partial charge in [-0.15, -0.1) is 0 Å². The topological polar surface area (TPSA) is 42.1 Å². The molecular weight excluding hydrogens is 358 g/mol. The maximum absolute atomic E-state index is 12.7. The van der Waals surface area contributed by atoms with E-state index in [0.29, 0.717) is 16.3 Å². The van der Waals surface area contributed by atoms with Crippen molar-refractivity contribution in [2.45, 2.75) is 6.92 Å². The number of hydrogen-bond acceptors (Lipinski definition) is 2. The lowest BCUT2D eigenvalue weighted by atomic mass is 10.1. The van der Waals surface area contributed by atoms with Crippen LogP contribution in [0.3, 0.4) is 0 Å². The number of aromatic amines is 1. The minimum Gasteiger partial charge on any atom is -0.484 e. The van der Waals surface area contributed by atoms with Gasteiger partial charge < -0.3 is 9.72 Å². The molecule has 4 aromatic rings. The molecule has 0 unspecified atom stereocenters. The Labute approximate surface area is 162 Å². The Morgan fingerprint density at radius 2 is 1.70 bits per heavy atom. The summed E-state index contributed by atoms with van der Waals surface area (Å²) in [4.78, 5) is 16.0. The Morgan fingerprint density at radius 3 is 2.48 bits per heavy atom. The fraction of sp³-hybridized carbons (Fsp3) is 0.0870. The second kappa shape index (κ2) is 7.29. The SMILES string of the molecule is Cc1[nH]c2ccccc2c1C(=O)COc1ccc(-c2ccccc2)cc1Cl. The quantitative estimate of drug-likeness (QED) is 0.431. The molecule has 134 valence electrons. The van der Waals surface area contributed by atoms with Gasteiger partial charge in [-0.3, -0.25) is 4.79 Å². The van der Waals surface area contributed by atoms with E-state index in [1.807, 2.05) is 73.7 Å². The van der Waals surface area contributed by atoms with Gasteiger partial charge in [-0.2, -0.15) is 0 Å². The summed E-state index contributed by atoms with van der Waals surface area (Å²) in [7, 11) is 0. The predicted molar refractivity (Wildman–Crippen MR) is 110 cm³/mol. The van der Waals surface area contributed by atoms with Gasteiger partial charge in [0, 0.05) is 22.2 Å². The molecule has 3 aromatic carbocycles. The van der Waals surface area contributed by atoms with Crippen molar-refractivity contribution in [2.75, 3.05) is 6.61 Å². The third kappa shape index (κ3) is 3.46. The minimum atomic E-state index is -0.0758. The van der Waals surface area contributed by atoms with Crippen molar-refractivity contribution in [2.24, 2.45) is 0 Å². The molecular formula is C23H18ClNO2. The minimum absolute atomic E-state index is 0.0624. The van der Waals surface area contributed by atoms with E-state index in [1.165, 1.54) is 0 Å². The number of halogens is 1. The first kappa shape index (κ1) is 17.4. The van der Waals surface area contributed by atoms with Crippen LogP contribution < -0.4 is 4.74 Å². The molecule has 0 saturated carbocycles. The normalized spacial score (nSPS) is 10.9. The number of rotatable bonds is 5. The van der Waals surface area contributed by atoms with E-state index in [4.69, 9.17) is 16.3 Å². The summed E-state index contributed by atoms with van der Waals surface area (Å²) in [6, 6.07) is 23.3. The first-order valence-corrected chi connectivity index (χ1v) is 9.09. The third-order valence-electron chi connectivity index (χ3n) is 4.57. The Kier molecular flexibility index (Phi) is 4.69. The van der Waals surface area contributed by atoms with Crippen LogP contribution in [0.15, 0.2) is 72.8 Å². The van der Waals surface area contributed by atoms with Crippen LogP contribution in [0, 0.1) is 6.92 Å². The second-order valence-electron chi connectivity index (χ2n) is 6.39. The third-order valence-corrected chi connectivity index (χ3v) is 4.87. The molecule has 0 bridgehead atoms. The van der Waals surface area contributed by atoms with Gasteiger partial charge in [0.25, 0.3) is 0 Å². The van der Waals surface area contributed by atoms with Gasteiger partial charge in [0.15, 0.2) is 6.61 Å². The largest absolute Gasteiger partial charge is 0.484 e. The van der Waals surface area contributed by atoms with Crippen molar-refractivity contribution < 1.29 is 9.53 Å². The number of aromatic nitrogens is 1. The lowest BCUT2D eigenvalue weighted by Crippen LogP contribution is -2.12. The number of Topliss-reactive ketones (excluding diaryl/α,β-unsaturated/α-hetero) is 1. The van der Waals surface area contributed by atoms with E-state index < -0.39 is 0 Å². The van der Waals surface area contributed by atoms with Gasteiger partial charge in [0.1, 0.15) is 5.75 Å². The van der Waals surface area contributed by atoms with Crippen LogP contribution in [0.4, 0.5) is 0 Å². The van der Waals surface area contributed by atoms with Gasteiger partial charge >= 0.3 is 0 Å². The first-order chi connectivity index (χ1) is 13.1. The number of benzene rings is 3. The number of ketones is 1. The molecule has 1 aromatic heterocycles. The highest BCUT2D eigenvalue weighted by molar-refractivity contribution is 6.32. The lowest BCUT2D eigenvalue weighted by Gasteiger charge is -2.09. The molecule has 0 saturated heterocycles. The van der Waals surface area contributed by atoms with Gasteiger partial charge in [-0.1, -0.05) is 66.2 Å². The average molecular weight is 376 g/mol. The van der Waals surface area contributed by atoms with E-state index in [-0.39, 0.29) is 12.4 Å². The number of H-pyrrole nitrogens is 1. The number of aryl methyl sites for hydroxylation is 1. The Hall–Kier alpha value is -3.04. The fourth-order valence-corrected chi connectivity index (χ4v) is 3.51. The van der Waals surface area contributed by atoms with E-state index in [9.17, 15) is 4.79 Å². The Balaban J connectivity index is 1.53. The number of carbonyl (C=O) groups excluding carboxylic acids is 1.